The second-order valence-corrected chi connectivity index (χ2v) is 6.03. The number of aromatic amines is 1. The third-order valence-electron chi connectivity index (χ3n) is 2.66. The van der Waals surface area contributed by atoms with Crippen molar-refractivity contribution in [2.24, 2.45) is 0 Å². The van der Waals surface area contributed by atoms with Crippen LogP contribution in [0.4, 0.5) is 5.95 Å². The van der Waals surface area contributed by atoms with Crippen molar-refractivity contribution in [2.75, 3.05) is 18.1 Å². The lowest BCUT2D eigenvalue weighted by molar-refractivity contribution is -0.00274. The van der Waals surface area contributed by atoms with Crippen LogP contribution in [0.5, 0.6) is 0 Å². The lowest BCUT2D eigenvalue weighted by atomic mass is 10.5. The fourth-order valence-electron chi connectivity index (χ4n) is 1.87. The van der Waals surface area contributed by atoms with E-state index in [1.165, 1.54) is 16.3 Å². The average molecular weight is 302 g/mol. The molecule has 3 rings (SSSR count). The molecule has 1 unspecified atom stereocenters. The number of thiazole rings is 1. The van der Waals surface area contributed by atoms with Gasteiger partial charge in [-0.25, -0.2) is 0 Å². The zero-order valence-corrected chi connectivity index (χ0v) is 11.2. The number of nitrogens with zero attached hydrogens (tertiary/aromatic N) is 2. The highest BCUT2D eigenvalue weighted by atomic mass is 32.2. The predicted molar refractivity (Wildman–Crippen MR) is 72.4 cm³/mol. The maximum absolute atomic E-state index is 12.0. The largest absolute Gasteiger partial charge is 0.393 e. The van der Waals surface area contributed by atoms with Gasteiger partial charge in [-0.1, -0.05) is 11.3 Å². The summed E-state index contributed by atoms with van der Waals surface area (Å²) in [7, 11) is 0. The van der Waals surface area contributed by atoms with Crippen molar-refractivity contribution >= 4 is 39.4 Å². The highest BCUT2D eigenvalue weighted by Gasteiger charge is 2.30. The molecule has 0 amide bonds. The van der Waals surface area contributed by atoms with Crippen LogP contribution < -0.4 is 16.2 Å². The van der Waals surface area contributed by atoms with Crippen molar-refractivity contribution in [2.45, 2.75) is 11.7 Å². The van der Waals surface area contributed by atoms with Crippen LogP contribution in [0.2, 0.25) is 0 Å². The minimum absolute atomic E-state index is 0.0478. The summed E-state index contributed by atoms with van der Waals surface area (Å²) in [6.45, 7) is -0.131. The molecule has 4 N–H and O–H groups in total. The van der Waals surface area contributed by atoms with E-state index >= 15 is 0 Å². The molecule has 3 heterocycles. The number of hydrogen-bond donors (Lipinski definition) is 3. The van der Waals surface area contributed by atoms with Gasteiger partial charge in [0.25, 0.3) is 5.56 Å². The quantitative estimate of drug-likeness (QED) is 0.670. The predicted octanol–water partition coefficient (Wildman–Crippen LogP) is -0.691. The molecule has 19 heavy (non-hydrogen) atoms. The summed E-state index contributed by atoms with van der Waals surface area (Å²) < 4.78 is 7.05. The first kappa shape index (κ1) is 12.7. The Labute approximate surface area is 114 Å². The van der Waals surface area contributed by atoms with Gasteiger partial charge < -0.3 is 15.6 Å². The molecule has 10 heteroatoms. The van der Waals surface area contributed by atoms with Gasteiger partial charge in [-0.05, 0) is 0 Å². The molecule has 2 aromatic heterocycles. The minimum atomic E-state index is -0.544. The Morgan fingerprint density at radius 3 is 3.05 bits per heavy atom. The summed E-state index contributed by atoms with van der Waals surface area (Å²) in [5, 5.41) is 9.03. The van der Waals surface area contributed by atoms with Crippen LogP contribution in [0, 0.1) is 0 Å². The van der Waals surface area contributed by atoms with E-state index in [1.54, 1.807) is 0 Å². The normalized spacial score (nSPS) is 23.2. The van der Waals surface area contributed by atoms with Gasteiger partial charge >= 0.3 is 4.87 Å². The van der Waals surface area contributed by atoms with Crippen molar-refractivity contribution in [3.8, 4) is 0 Å². The molecule has 2 atom stereocenters. The molecule has 2 aromatic rings. The zero-order chi connectivity index (χ0) is 13.6. The number of nitrogens with two attached hydrogens (primary N) is 1. The van der Waals surface area contributed by atoms with Crippen molar-refractivity contribution in [1.29, 1.82) is 0 Å². The molecule has 0 aromatic carbocycles. The van der Waals surface area contributed by atoms with Gasteiger partial charge in [0.1, 0.15) is 16.4 Å². The summed E-state index contributed by atoms with van der Waals surface area (Å²) in [6.07, 6.45) is -0.544. The second-order valence-electron chi connectivity index (χ2n) is 3.88. The van der Waals surface area contributed by atoms with E-state index in [2.05, 4.69) is 9.97 Å². The van der Waals surface area contributed by atoms with Crippen LogP contribution in [-0.2, 0) is 4.74 Å². The van der Waals surface area contributed by atoms with Crippen LogP contribution in [0.15, 0.2) is 9.59 Å². The molecule has 0 aliphatic carbocycles. The molecule has 1 aliphatic rings. The summed E-state index contributed by atoms with van der Waals surface area (Å²) in [5.74, 6) is 0.458. The van der Waals surface area contributed by atoms with Gasteiger partial charge in [0.15, 0.2) is 5.65 Å². The number of aliphatic hydroxyl groups excluding tert-OH is 1. The number of rotatable bonds is 2. The number of aliphatic hydroxyl groups is 1. The Kier molecular flexibility index (Phi) is 3.09. The topological polar surface area (TPSA) is 123 Å². The Bertz CT molecular complexity index is 736. The number of nitrogen functional groups attached to an aromatic ring is 1. The summed E-state index contributed by atoms with van der Waals surface area (Å²) >= 11 is 2.21. The summed E-state index contributed by atoms with van der Waals surface area (Å²) in [4.78, 5) is 29.7. The molecule has 0 spiro atoms. The van der Waals surface area contributed by atoms with Gasteiger partial charge in [-0.2, -0.15) is 4.98 Å². The number of thioether (sulfide) groups is 1. The second kappa shape index (κ2) is 4.63. The van der Waals surface area contributed by atoms with Crippen LogP contribution in [0.3, 0.4) is 0 Å². The van der Waals surface area contributed by atoms with Gasteiger partial charge in [0.05, 0.1) is 6.61 Å². The van der Waals surface area contributed by atoms with Crippen molar-refractivity contribution in [3.05, 3.63) is 20.0 Å². The molecular weight excluding hydrogens is 292 g/mol. The van der Waals surface area contributed by atoms with Crippen LogP contribution in [-0.4, -0.2) is 37.4 Å². The van der Waals surface area contributed by atoms with Crippen molar-refractivity contribution in [1.82, 2.24) is 14.5 Å². The van der Waals surface area contributed by atoms with E-state index in [9.17, 15) is 9.59 Å². The number of fused-ring (bicyclic) bond motifs is 1. The van der Waals surface area contributed by atoms with Crippen LogP contribution >= 0.6 is 23.1 Å². The van der Waals surface area contributed by atoms with Gasteiger partial charge in [0.2, 0.25) is 5.95 Å². The molecule has 1 fully saturated rings. The SMILES string of the molecule is Nc1nc2c(sc(=O)n2C2CS[C@@H](CO)O2)c(=O)[nH]1. The lowest BCUT2D eigenvalue weighted by Crippen LogP contribution is -2.23. The standard InChI is InChI=1S/C9H10N4O4S2/c10-8-11-6-5(7(15)12-8)19-9(16)13(6)3-2-18-4(1-14)17-3/h3-4,14H,1-2H2,(H3,10,11,12,15)/t3?,4-/m0/s1. The van der Waals surface area contributed by atoms with Gasteiger partial charge in [0, 0.05) is 5.75 Å². The first-order chi connectivity index (χ1) is 9.10. The lowest BCUT2D eigenvalue weighted by Gasteiger charge is -2.12. The van der Waals surface area contributed by atoms with E-state index < -0.39 is 11.8 Å². The molecule has 0 saturated carbocycles. The van der Waals surface area contributed by atoms with Crippen molar-refractivity contribution in [3.63, 3.8) is 0 Å². The number of anilines is 1. The number of ether oxygens (including phenoxy) is 1. The van der Waals surface area contributed by atoms with E-state index in [0.29, 0.717) is 5.75 Å². The van der Waals surface area contributed by atoms with E-state index in [-0.39, 0.29) is 33.2 Å². The Hall–Kier alpha value is -1.36. The van der Waals surface area contributed by atoms with E-state index in [1.807, 2.05) is 0 Å². The number of hydrogen-bond acceptors (Lipinski definition) is 8. The fourth-order valence-corrected chi connectivity index (χ4v) is 3.65. The Morgan fingerprint density at radius 1 is 1.58 bits per heavy atom. The number of H-pyrrole nitrogens is 1. The third kappa shape index (κ3) is 2.06. The third-order valence-corrected chi connectivity index (χ3v) is 4.72. The molecule has 1 aliphatic heterocycles. The number of aromatic nitrogens is 3. The first-order valence-electron chi connectivity index (χ1n) is 5.39. The summed E-state index contributed by atoms with van der Waals surface area (Å²) in [6, 6.07) is 0. The maximum Gasteiger partial charge on any atom is 0.311 e. The average Bonchev–Trinajstić information content (AvgIpc) is 2.93. The fraction of sp³-hybridized carbons (Fsp3) is 0.444. The maximum atomic E-state index is 12.0. The molecule has 0 bridgehead atoms. The van der Waals surface area contributed by atoms with Gasteiger partial charge in [-0.15, -0.1) is 11.8 Å². The molecule has 8 nitrogen and oxygen atoms in total. The molecule has 102 valence electrons. The van der Waals surface area contributed by atoms with Crippen LogP contribution in [0.25, 0.3) is 10.3 Å². The van der Waals surface area contributed by atoms with E-state index in [4.69, 9.17) is 15.6 Å². The van der Waals surface area contributed by atoms with Gasteiger partial charge in [-0.3, -0.25) is 19.1 Å². The monoisotopic (exact) mass is 302 g/mol. The van der Waals surface area contributed by atoms with E-state index in [0.717, 1.165) is 11.3 Å². The minimum Gasteiger partial charge on any atom is -0.393 e. The highest BCUT2D eigenvalue weighted by Crippen LogP contribution is 2.32. The number of nitrogens with one attached hydrogen (secondary N) is 1. The van der Waals surface area contributed by atoms with Crippen molar-refractivity contribution < 1.29 is 9.84 Å². The summed E-state index contributed by atoms with van der Waals surface area (Å²) in [5.41, 5.74) is 4.91. The first-order valence-corrected chi connectivity index (χ1v) is 7.25. The highest BCUT2D eigenvalue weighted by molar-refractivity contribution is 8.00. The molecular formula is C9H10N4O4S2. The van der Waals surface area contributed by atoms with Crippen LogP contribution in [0.1, 0.15) is 6.23 Å². The molecule has 0 radical (unpaired) electrons. The Balaban J connectivity index is 2.16. The Morgan fingerprint density at radius 2 is 2.37 bits per heavy atom. The smallest absolute Gasteiger partial charge is 0.311 e. The zero-order valence-electron chi connectivity index (χ0n) is 9.53. The molecule has 1 saturated heterocycles.